The number of benzene rings is 1. The van der Waals surface area contributed by atoms with E-state index in [1.807, 2.05) is 19.9 Å². The molecule has 0 fully saturated rings. The number of carboxylic acids is 1. The van der Waals surface area contributed by atoms with Gasteiger partial charge in [-0.25, -0.2) is 4.79 Å². The first kappa shape index (κ1) is 17.2. The number of methoxy groups -OCH3 is 1. The molecule has 0 radical (unpaired) electrons. The Kier molecular flexibility index (Phi) is 6.37. The van der Waals surface area contributed by atoms with E-state index in [0.717, 1.165) is 5.56 Å². The molecule has 0 bridgehead atoms. The molecule has 21 heavy (non-hydrogen) atoms. The van der Waals surface area contributed by atoms with Crippen LogP contribution in [0.5, 0.6) is 0 Å². The molecule has 116 valence electrons. The number of esters is 1. The molecule has 1 rings (SSSR count). The molecule has 0 saturated heterocycles. The van der Waals surface area contributed by atoms with Gasteiger partial charge < -0.3 is 15.2 Å². The summed E-state index contributed by atoms with van der Waals surface area (Å²) in [6, 6.07) is 6.76. The second kappa shape index (κ2) is 7.78. The first-order valence-electron chi connectivity index (χ1n) is 7.10. The van der Waals surface area contributed by atoms with E-state index < -0.39 is 11.4 Å². The van der Waals surface area contributed by atoms with Crippen LogP contribution >= 0.6 is 0 Å². The van der Waals surface area contributed by atoms with Gasteiger partial charge in [-0.15, -0.1) is 0 Å². The Labute approximate surface area is 125 Å². The van der Waals surface area contributed by atoms with Crippen molar-refractivity contribution in [1.82, 2.24) is 5.32 Å². The van der Waals surface area contributed by atoms with Crippen molar-refractivity contribution in [2.75, 3.05) is 13.7 Å². The average Bonchev–Trinajstić information content (AvgIpc) is 2.51. The van der Waals surface area contributed by atoms with Crippen LogP contribution in [0.2, 0.25) is 0 Å². The lowest BCUT2D eigenvalue weighted by atomic mass is 9.82. The maximum absolute atomic E-state index is 11.9. The maximum atomic E-state index is 11.9. The molecule has 0 aromatic heterocycles. The summed E-state index contributed by atoms with van der Waals surface area (Å²) in [6.45, 7) is 4.95. The Hall–Kier alpha value is -1.88. The molecule has 0 aliphatic rings. The van der Waals surface area contributed by atoms with Gasteiger partial charge in [-0.3, -0.25) is 4.79 Å². The van der Waals surface area contributed by atoms with Crippen molar-refractivity contribution in [2.24, 2.45) is 5.41 Å². The van der Waals surface area contributed by atoms with Gasteiger partial charge in [-0.1, -0.05) is 26.0 Å². The summed E-state index contributed by atoms with van der Waals surface area (Å²) in [5.74, 6) is -1.15. The molecule has 0 spiro atoms. The molecule has 0 heterocycles. The fourth-order valence-corrected chi connectivity index (χ4v) is 2.34. The topological polar surface area (TPSA) is 75.6 Å². The zero-order valence-corrected chi connectivity index (χ0v) is 12.8. The minimum absolute atomic E-state index is 0.209. The number of carboxylic acid groups (broad SMARTS) is 1. The first-order valence-corrected chi connectivity index (χ1v) is 7.10. The summed E-state index contributed by atoms with van der Waals surface area (Å²) in [5.41, 5.74) is 0.611. The summed E-state index contributed by atoms with van der Waals surface area (Å²) in [7, 11) is 1.40. The molecule has 1 aromatic carbocycles. The van der Waals surface area contributed by atoms with Crippen molar-refractivity contribution in [3.05, 3.63) is 35.4 Å². The first-order chi connectivity index (χ1) is 9.99. The minimum atomic E-state index is -0.942. The lowest BCUT2D eigenvalue weighted by Crippen LogP contribution is -2.40. The number of hydrogen-bond acceptors (Lipinski definition) is 4. The van der Waals surface area contributed by atoms with Crippen LogP contribution in [-0.4, -0.2) is 30.7 Å². The molecule has 5 nitrogen and oxygen atoms in total. The minimum Gasteiger partial charge on any atom is -0.478 e. The van der Waals surface area contributed by atoms with E-state index in [4.69, 9.17) is 9.84 Å². The van der Waals surface area contributed by atoms with Gasteiger partial charge >= 0.3 is 11.9 Å². The fourth-order valence-electron chi connectivity index (χ4n) is 2.34. The monoisotopic (exact) mass is 293 g/mol. The number of ether oxygens (including phenoxy) is 1. The van der Waals surface area contributed by atoms with Crippen molar-refractivity contribution < 1.29 is 19.4 Å². The van der Waals surface area contributed by atoms with Crippen LogP contribution in [0.25, 0.3) is 0 Å². The van der Waals surface area contributed by atoms with Crippen LogP contribution in [0.15, 0.2) is 24.3 Å². The van der Waals surface area contributed by atoms with Crippen molar-refractivity contribution in [3.63, 3.8) is 0 Å². The third-order valence-corrected chi connectivity index (χ3v) is 3.94. The van der Waals surface area contributed by atoms with E-state index in [2.05, 4.69) is 5.32 Å². The fraction of sp³-hybridized carbons (Fsp3) is 0.500. The SMILES string of the molecule is CCC(CC)(CNCc1cccc(C(=O)O)c1)C(=O)OC. The number of carbonyl (C=O) groups excluding carboxylic acids is 1. The molecule has 2 N–H and O–H groups in total. The number of aromatic carboxylic acids is 1. The van der Waals surface area contributed by atoms with Gasteiger partial charge in [0.2, 0.25) is 0 Å². The second-order valence-corrected chi connectivity index (χ2v) is 5.09. The quantitative estimate of drug-likeness (QED) is 0.720. The molecular weight excluding hydrogens is 270 g/mol. The van der Waals surface area contributed by atoms with Gasteiger partial charge in [0, 0.05) is 13.1 Å². The lowest BCUT2D eigenvalue weighted by Gasteiger charge is -2.28. The summed E-state index contributed by atoms with van der Waals surface area (Å²) in [4.78, 5) is 22.9. The van der Waals surface area contributed by atoms with Crippen molar-refractivity contribution >= 4 is 11.9 Å². The van der Waals surface area contributed by atoms with Crippen LogP contribution in [-0.2, 0) is 16.1 Å². The highest BCUT2D eigenvalue weighted by atomic mass is 16.5. The van der Waals surface area contributed by atoms with E-state index in [0.29, 0.717) is 25.9 Å². The Balaban J connectivity index is 2.68. The predicted molar refractivity (Wildman–Crippen MR) is 80.1 cm³/mol. The van der Waals surface area contributed by atoms with E-state index in [9.17, 15) is 9.59 Å². The molecule has 0 unspecified atom stereocenters. The van der Waals surface area contributed by atoms with Crippen LogP contribution in [0.1, 0.15) is 42.6 Å². The summed E-state index contributed by atoms with van der Waals surface area (Å²) in [6.07, 6.45) is 1.39. The van der Waals surface area contributed by atoms with E-state index in [-0.39, 0.29) is 11.5 Å². The Bertz CT molecular complexity index is 495. The molecule has 1 aromatic rings. The smallest absolute Gasteiger partial charge is 0.335 e. The highest BCUT2D eigenvalue weighted by Gasteiger charge is 2.35. The van der Waals surface area contributed by atoms with Gasteiger partial charge in [0.1, 0.15) is 0 Å². The molecule has 0 aliphatic carbocycles. The predicted octanol–water partition coefficient (Wildman–Crippen LogP) is 2.45. The molecule has 0 amide bonds. The Morgan fingerprint density at radius 1 is 1.29 bits per heavy atom. The van der Waals surface area contributed by atoms with E-state index in [1.165, 1.54) is 7.11 Å². The van der Waals surface area contributed by atoms with Gasteiger partial charge in [0.25, 0.3) is 0 Å². The Morgan fingerprint density at radius 3 is 2.48 bits per heavy atom. The summed E-state index contributed by atoms with van der Waals surface area (Å²) in [5, 5.41) is 12.2. The zero-order valence-electron chi connectivity index (χ0n) is 12.8. The molecule has 0 saturated carbocycles. The average molecular weight is 293 g/mol. The van der Waals surface area contributed by atoms with E-state index in [1.54, 1.807) is 18.2 Å². The Morgan fingerprint density at radius 2 is 1.95 bits per heavy atom. The summed E-state index contributed by atoms with van der Waals surface area (Å²) >= 11 is 0. The number of rotatable bonds is 8. The molecule has 0 atom stereocenters. The van der Waals surface area contributed by atoms with Crippen LogP contribution in [0.4, 0.5) is 0 Å². The standard InChI is InChI=1S/C16H23NO4/c1-4-16(5-2,15(20)21-3)11-17-10-12-7-6-8-13(9-12)14(18)19/h6-9,17H,4-5,10-11H2,1-3H3,(H,18,19). The molecule has 0 aliphatic heterocycles. The third kappa shape index (κ3) is 4.29. The summed E-state index contributed by atoms with van der Waals surface area (Å²) < 4.78 is 4.89. The normalized spacial score (nSPS) is 11.2. The van der Waals surface area contributed by atoms with Crippen molar-refractivity contribution in [1.29, 1.82) is 0 Å². The highest BCUT2D eigenvalue weighted by molar-refractivity contribution is 5.87. The number of nitrogens with one attached hydrogen (secondary N) is 1. The van der Waals surface area contributed by atoms with Gasteiger partial charge in [0.05, 0.1) is 18.1 Å². The van der Waals surface area contributed by atoms with Crippen LogP contribution in [0, 0.1) is 5.41 Å². The van der Waals surface area contributed by atoms with Crippen LogP contribution < -0.4 is 5.32 Å². The largest absolute Gasteiger partial charge is 0.478 e. The number of carbonyl (C=O) groups is 2. The van der Waals surface area contributed by atoms with Gasteiger partial charge in [0.15, 0.2) is 0 Å². The highest BCUT2D eigenvalue weighted by Crippen LogP contribution is 2.27. The van der Waals surface area contributed by atoms with Gasteiger partial charge in [-0.05, 0) is 30.5 Å². The van der Waals surface area contributed by atoms with Crippen LogP contribution in [0.3, 0.4) is 0 Å². The van der Waals surface area contributed by atoms with Crippen molar-refractivity contribution in [3.8, 4) is 0 Å². The maximum Gasteiger partial charge on any atom is 0.335 e. The zero-order chi connectivity index (χ0) is 15.9. The second-order valence-electron chi connectivity index (χ2n) is 5.09. The van der Waals surface area contributed by atoms with Crippen molar-refractivity contribution in [2.45, 2.75) is 33.2 Å². The third-order valence-electron chi connectivity index (χ3n) is 3.94. The van der Waals surface area contributed by atoms with Gasteiger partial charge in [-0.2, -0.15) is 0 Å². The number of hydrogen-bond donors (Lipinski definition) is 2. The molecule has 5 heteroatoms. The molecular formula is C16H23NO4. The van der Waals surface area contributed by atoms with E-state index >= 15 is 0 Å². The lowest BCUT2D eigenvalue weighted by molar-refractivity contribution is -0.153.